The molecule has 3 rings (SSSR count). The minimum Gasteiger partial charge on any atom is -0.365 e. The molecule has 3 aromatic rings. The van der Waals surface area contributed by atoms with E-state index in [1.54, 1.807) is 48.8 Å². The lowest BCUT2D eigenvalue weighted by Gasteiger charge is -2.21. The van der Waals surface area contributed by atoms with Crippen molar-refractivity contribution in [3.8, 4) is 0 Å². The van der Waals surface area contributed by atoms with E-state index in [9.17, 15) is 14.4 Å². The monoisotopic (exact) mass is 336 g/mol. The largest absolute Gasteiger partial charge is 0.365 e. The first-order valence-electron chi connectivity index (χ1n) is 7.65. The van der Waals surface area contributed by atoms with E-state index in [-0.39, 0.29) is 17.3 Å². The quantitative estimate of drug-likeness (QED) is 0.587. The van der Waals surface area contributed by atoms with Crippen molar-refractivity contribution < 1.29 is 4.79 Å². The fourth-order valence-electron chi connectivity index (χ4n) is 2.46. The van der Waals surface area contributed by atoms with Crippen molar-refractivity contribution in [1.29, 1.82) is 0 Å². The van der Waals surface area contributed by atoms with Gasteiger partial charge in [-0.3, -0.25) is 19.4 Å². The maximum atomic E-state index is 12.2. The van der Waals surface area contributed by atoms with E-state index in [4.69, 9.17) is 0 Å². The number of hydrogen-bond acceptors (Lipinski definition) is 6. The first-order chi connectivity index (χ1) is 12.1. The number of benzene rings is 1. The van der Waals surface area contributed by atoms with Crippen LogP contribution in [0.3, 0.4) is 0 Å². The van der Waals surface area contributed by atoms with Crippen LogP contribution in [0, 0.1) is 0 Å². The zero-order chi connectivity index (χ0) is 17.8. The number of rotatable bonds is 6. The molecule has 0 bridgehead atoms. The summed E-state index contributed by atoms with van der Waals surface area (Å²) in [6.07, 6.45) is 3.14. The van der Waals surface area contributed by atoms with E-state index in [0.717, 1.165) is 0 Å². The molecule has 0 aliphatic heterocycles. The molecule has 0 saturated heterocycles. The van der Waals surface area contributed by atoms with Gasteiger partial charge in [-0.2, -0.15) is 0 Å². The Hall–Kier alpha value is -3.48. The summed E-state index contributed by atoms with van der Waals surface area (Å²) < 4.78 is 0. The standard InChI is InChI=1S/C18H16N4O3/c1-19-18(25)13(11-5-3-2-4-6-11)22-15-14(16(23)17(15)24)21-12-7-9-20-10-8-12/h2-10,13,22H,1H3,(H,19,25)(H,20,21)/t13-/m1/s1. The van der Waals surface area contributed by atoms with Crippen molar-refractivity contribution in [2.45, 2.75) is 6.04 Å². The molecule has 1 amide bonds. The zero-order valence-corrected chi connectivity index (χ0v) is 13.4. The van der Waals surface area contributed by atoms with E-state index < -0.39 is 16.9 Å². The first kappa shape index (κ1) is 16.4. The Bertz CT molecular complexity index is 948. The van der Waals surface area contributed by atoms with Crippen LogP contribution < -0.4 is 26.8 Å². The molecule has 3 N–H and O–H groups in total. The predicted octanol–water partition coefficient (Wildman–Crippen LogP) is 1.32. The smallest absolute Gasteiger partial charge is 0.253 e. The van der Waals surface area contributed by atoms with E-state index in [0.29, 0.717) is 11.3 Å². The lowest BCUT2D eigenvalue weighted by atomic mass is 10.0. The molecule has 1 atom stereocenters. The number of aromatic nitrogens is 1. The SMILES string of the molecule is CNC(=O)[C@H](Nc1c(Nc2ccncc2)c(=O)c1=O)c1ccccc1. The number of anilines is 3. The van der Waals surface area contributed by atoms with Gasteiger partial charge in [-0.15, -0.1) is 0 Å². The lowest BCUT2D eigenvalue weighted by molar-refractivity contribution is -0.121. The number of pyridine rings is 1. The third kappa shape index (κ3) is 3.25. The maximum absolute atomic E-state index is 12.2. The van der Waals surface area contributed by atoms with Crippen LogP contribution in [0.25, 0.3) is 0 Å². The predicted molar refractivity (Wildman–Crippen MR) is 95.7 cm³/mol. The Labute approximate surface area is 143 Å². The number of hydrogen-bond donors (Lipinski definition) is 3. The minimum atomic E-state index is -0.785. The molecule has 0 unspecified atom stereocenters. The lowest BCUT2D eigenvalue weighted by Crippen LogP contribution is -2.40. The van der Waals surface area contributed by atoms with Gasteiger partial charge in [0.05, 0.1) is 0 Å². The summed E-state index contributed by atoms with van der Waals surface area (Å²) in [4.78, 5) is 40.0. The maximum Gasteiger partial charge on any atom is 0.253 e. The van der Waals surface area contributed by atoms with Crippen LogP contribution in [0.5, 0.6) is 0 Å². The Morgan fingerprint density at radius 1 is 0.960 bits per heavy atom. The molecule has 7 nitrogen and oxygen atoms in total. The van der Waals surface area contributed by atoms with Crippen LogP contribution in [0.15, 0.2) is 64.4 Å². The van der Waals surface area contributed by atoms with Gasteiger partial charge in [0, 0.05) is 25.1 Å². The molecule has 0 aliphatic carbocycles. The van der Waals surface area contributed by atoms with Crippen LogP contribution in [0.4, 0.5) is 17.1 Å². The Morgan fingerprint density at radius 2 is 1.60 bits per heavy atom. The third-order valence-electron chi connectivity index (χ3n) is 3.79. The number of amides is 1. The van der Waals surface area contributed by atoms with Crippen molar-refractivity contribution in [2.75, 3.05) is 17.7 Å². The summed E-state index contributed by atoms with van der Waals surface area (Å²) in [7, 11) is 1.51. The van der Waals surface area contributed by atoms with E-state index in [2.05, 4.69) is 20.9 Å². The van der Waals surface area contributed by atoms with Crippen LogP contribution in [0.1, 0.15) is 11.6 Å². The van der Waals surface area contributed by atoms with E-state index in [1.807, 2.05) is 6.07 Å². The van der Waals surface area contributed by atoms with Gasteiger partial charge < -0.3 is 16.0 Å². The number of likely N-dealkylation sites (N-methyl/N-ethyl adjacent to an activating group) is 1. The highest BCUT2D eigenvalue weighted by Gasteiger charge is 2.27. The Balaban J connectivity index is 1.91. The second kappa shape index (κ2) is 6.96. The summed E-state index contributed by atoms with van der Waals surface area (Å²) in [5.41, 5.74) is 0.274. The molecule has 0 spiro atoms. The normalized spacial score (nSPS) is 11.7. The molecule has 25 heavy (non-hydrogen) atoms. The van der Waals surface area contributed by atoms with Crippen molar-refractivity contribution in [1.82, 2.24) is 10.3 Å². The third-order valence-corrected chi connectivity index (χ3v) is 3.79. The van der Waals surface area contributed by atoms with Crippen molar-refractivity contribution in [2.24, 2.45) is 0 Å². The first-order valence-corrected chi connectivity index (χ1v) is 7.65. The number of nitrogens with zero attached hydrogens (tertiary/aromatic N) is 1. The van der Waals surface area contributed by atoms with Crippen LogP contribution in [-0.4, -0.2) is 17.9 Å². The molecular weight excluding hydrogens is 320 g/mol. The van der Waals surface area contributed by atoms with Gasteiger partial charge in [-0.1, -0.05) is 30.3 Å². The fraction of sp³-hybridized carbons (Fsp3) is 0.111. The topological polar surface area (TPSA) is 100 Å². The highest BCUT2D eigenvalue weighted by Crippen LogP contribution is 2.25. The van der Waals surface area contributed by atoms with Crippen LogP contribution >= 0.6 is 0 Å². The highest BCUT2D eigenvalue weighted by atomic mass is 16.2. The molecule has 0 radical (unpaired) electrons. The average Bonchev–Trinajstić information content (AvgIpc) is 2.68. The van der Waals surface area contributed by atoms with Crippen molar-refractivity contribution >= 4 is 23.0 Å². The summed E-state index contributed by atoms with van der Waals surface area (Å²) in [6, 6.07) is 11.5. The van der Waals surface area contributed by atoms with Gasteiger partial charge in [-0.25, -0.2) is 0 Å². The van der Waals surface area contributed by atoms with Crippen molar-refractivity contribution in [3.05, 3.63) is 80.9 Å². The number of carbonyl (C=O) groups is 1. The van der Waals surface area contributed by atoms with Gasteiger partial charge in [0.25, 0.3) is 10.9 Å². The second-order valence-corrected chi connectivity index (χ2v) is 5.37. The molecule has 2 aromatic carbocycles. The number of carbonyl (C=O) groups excluding carboxylic acids is 1. The molecule has 126 valence electrons. The Morgan fingerprint density at radius 3 is 2.24 bits per heavy atom. The van der Waals surface area contributed by atoms with Crippen LogP contribution in [-0.2, 0) is 4.79 Å². The molecular formula is C18H16N4O3. The summed E-state index contributed by atoms with van der Waals surface area (Å²) >= 11 is 0. The minimum absolute atomic E-state index is 0.0965. The highest BCUT2D eigenvalue weighted by molar-refractivity contribution is 5.88. The fourth-order valence-corrected chi connectivity index (χ4v) is 2.46. The van der Waals surface area contributed by atoms with Crippen molar-refractivity contribution in [3.63, 3.8) is 0 Å². The van der Waals surface area contributed by atoms with Gasteiger partial charge in [-0.05, 0) is 17.7 Å². The summed E-state index contributed by atoms with van der Waals surface area (Å²) in [5, 5.41) is 8.35. The molecule has 0 fully saturated rings. The molecule has 1 aromatic heterocycles. The van der Waals surface area contributed by atoms with E-state index in [1.165, 1.54) is 7.05 Å². The van der Waals surface area contributed by atoms with Gasteiger partial charge in [0.15, 0.2) is 0 Å². The molecule has 1 heterocycles. The van der Waals surface area contributed by atoms with Crippen LogP contribution in [0.2, 0.25) is 0 Å². The van der Waals surface area contributed by atoms with Gasteiger partial charge in [0.1, 0.15) is 17.4 Å². The zero-order valence-electron chi connectivity index (χ0n) is 13.4. The molecule has 0 saturated carbocycles. The number of nitrogens with one attached hydrogen (secondary N) is 3. The van der Waals surface area contributed by atoms with Gasteiger partial charge in [0.2, 0.25) is 5.91 Å². The summed E-state index contributed by atoms with van der Waals surface area (Å²) in [5.74, 6) is -0.311. The molecule has 7 heteroatoms. The molecule has 0 aliphatic rings. The average molecular weight is 336 g/mol. The summed E-state index contributed by atoms with van der Waals surface area (Å²) in [6.45, 7) is 0. The van der Waals surface area contributed by atoms with E-state index >= 15 is 0 Å². The van der Waals surface area contributed by atoms with Gasteiger partial charge >= 0.3 is 0 Å². The second-order valence-electron chi connectivity index (χ2n) is 5.37. The Kier molecular flexibility index (Phi) is 4.56.